The molecule has 0 aliphatic heterocycles. The smallest absolute Gasteiger partial charge is 0.254 e. The molecule has 1 amide bonds. The van der Waals surface area contributed by atoms with Gasteiger partial charge in [0.15, 0.2) is 0 Å². The Morgan fingerprint density at radius 3 is 2.45 bits per heavy atom. The summed E-state index contributed by atoms with van der Waals surface area (Å²) in [6, 6.07) is 14.4. The number of nitrogens with two attached hydrogens (primary N) is 1. The van der Waals surface area contributed by atoms with Gasteiger partial charge in [0.1, 0.15) is 0 Å². The third-order valence-electron chi connectivity index (χ3n) is 3.39. The molecule has 2 aromatic rings. The van der Waals surface area contributed by atoms with Crippen LogP contribution in [0.4, 0.5) is 5.69 Å². The first kappa shape index (κ1) is 14.4. The number of amides is 1. The Bertz CT molecular complexity index is 610. The predicted molar refractivity (Wildman–Crippen MR) is 82.8 cm³/mol. The molecule has 0 saturated carbocycles. The molecule has 4 heteroatoms. The fourth-order valence-electron chi connectivity index (χ4n) is 2.00. The highest BCUT2D eigenvalue weighted by Gasteiger charge is 2.18. The van der Waals surface area contributed by atoms with Crippen molar-refractivity contribution in [2.45, 2.75) is 13.0 Å². The van der Waals surface area contributed by atoms with Crippen LogP contribution in [-0.2, 0) is 0 Å². The van der Waals surface area contributed by atoms with Gasteiger partial charge in [-0.25, -0.2) is 0 Å². The molecule has 0 saturated heterocycles. The van der Waals surface area contributed by atoms with Gasteiger partial charge in [0.05, 0.1) is 6.04 Å². The lowest BCUT2D eigenvalue weighted by atomic mass is 10.1. The Kier molecular flexibility index (Phi) is 4.30. The lowest BCUT2D eigenvalue weighted by molar-refractivity contribution is 0.0742. The minimum atomic E-state index is -0.0567. The van der Waals surface area contributed by atoms with E-state index in [2.05, 4.69) is 0 Å². The Balaban J connectivity index is 2.20. The van der Waals surface area contributed by atoms with Crippen LogP contribution in [0.15, 0.2) is 48.5 Å². The van der Waals surface area contributed by atoms with Crippen molar-refractivity contribution < 1.29 is 4.79 Å². The average molecular weight is 289 g/mol. The molecule has 2 aromatic carbocycles. The van der Waals surface area contributed by atoms with Gasteiger partial charge in [-0.1, -0.05) is 23.7 Å². The first-order valence-corrected chi connectivity index (χ1v) is 6.75. The zero-order valence-corrected chi connectivity index (χ0v) is 12.3. The van der Waals surface area contributed by atoms with E-state index in [4.69, 9.17) is 17.3 Å². The van der Waals surface area contributed by atoms with Gasteiger partial charge in [0.25, 0.3) is 5.91 Å². The number of anilines is 1. The maximum absolute atomic E-state index is 12.4. The summed E-state index contributed by atoms with van der Waals surface area (Å²) in [4.78, 5) is 14.1. The van der Waals surface area contributed by atoms with E-state index in [1.54, 1.807) is 36.2 Å². The number of nitrogen functional groups attached to an aromatic ring is 1. The highest BCUT2D eigenvalue weighted by atomic mass is 35.5. The topological polar surface area (TPSA) is 46.3 Å². The van der Waals surface area contributed by atoms with Crippen molar-refractivity contribution in [3.8, 4) is 0 Å². The predicted octanol–water partition coefficient (Wildman–Crippen LogP) is 3.76. The molecular formula is C16H17ClN2O. The molecule has 0 heterocycles. The fraction of sp³-hybridized carbons (Fsp3) is 0.188. The molecule has 3 nitrogen and oxygen atoms in total. The standard InChI is InChI=1S/C16H17ClN2O/c1-11(13-4-3-5-14(17)10-13)19(2)16(20)12-6-8-15(18)9-7-12/h3-11H,18H2,1-2H3/t11-/m1/s1. The summed E-state index contributed by atoms with van der Waals surface area (Å²) in [6.07, 6.45) is 0. The SMILES string of the molecule is C[C@H](c1cccc(Cl)c1)N(C)C(=O)c1ccc(N)cc1. The van der Waals surface area contributed by atoms with Gasteiger partial charge < -0.3 is 10.6 Å². The Morgan fingerprint density at radius 1 is 1.20 bits per heavy atom. The molecule has 2 N–H and O–H groups in total. The van der Waals surface area contributed by atoms with Gasteiger partial charge in [-0.15, -0.1) is 0 Å². The summed E-state index contributed by atoms with van der Waals surface area (Å²) in [5.74, 6) is -0.0440. The Morgan fingerprint density at radius 2 is 1.85 bits per heavy atom. The first-order valence-electron chi connectivity index (χ1n) is 6.37. The highest BCUT2D eigenvalue weighted by molar-refractivity contribution is 6.30. The van der Waals surface area contributed by atoms with Crippen LogP contribution in [0.2, 0.25) is 5.02 Å². The molecule has 0 spiro atoms. The van der Waals surface area contributed by atoms with Gasteiger partial charge in [-0.05, 0) is 48.9 Å². The van der Waals surface area contributed by atoms with Crippen LogP contribution in [0.5, 0.6) is 0 Å². The number of benzene rings is 2. The van der Waals surface area contributed by atoms with Crippen molar-refractivity contribution in [3.05, 3.63) is 64.7 Å². The zero-order valence-electron chi connectivity index (χ0n) is 11.5. The number of rotatable bonds is 3. The lowest BCUT2D eigenvalue weighted by Crippen LogP contribution is -2.29. The van der Waals surface area contributed by atoms with Crippen LogP contribution >= 0.6 is 11.6 Å². The number of carbonyl (C=O) groups excluding carboxylic acids is 1. The van der Waals surface area contributed by atoms with E-state index in [1.165, 1.54) is 0 Å². The number of halogens is 1. The van der Waals surface area contributed by atoms with Gasteiger partial charge in [0, 0.05) is 23.3 Å². The molecule has 0 aliphatic carbocycles. The minimum absolute atomic E-state index is 0.0440. The number of hydrogen-bond donors (Lipinski definition) is 1. The Labute approximate surface area is 124 Å². The second kappa shape index (κ2) is 5.97. The molecule has 1 atom stereocenters. The van der Waals surface area contributed by atoms with E-state index in [0.29, 0.717) is 16.3 Å². The third kappa shape index (κ3) is 3.11. The number of hydrogen-bond acceptors (Lipinski definition) is 2. The van der Waals surface area contributed by atoms with Crippen LogP contribution in [-0.4, -0.2) is 17.9 Å². The Hall–Kier alpha value is -2.00. The average Bonchev–Trinajstić information content (AvgIpc) is 2.46. The van der Waals surface area contributed by atoms with E-state index in [-0.39, 0.29) is 11.9 Å². The molecule has 0 radical (unpaired) electrons. The molecule has 20 heavy (non-hydrogen) atoms. The molecular weight excluding hydrogens is 272 g/mol. The normalized spacial score (nSPS) is 11.9. The summed E-state index contributed by atoms with van der Waals surface area (Å²) in [5, 5.41) is 0.669. The molecule has 0 aromatic heterocycles. The van der Waals surface area contributed by atoms with Crippen LogP contribution in [0, 0.1) is 0 Å². The fourth-order valence-corrected chi connectivity index (χ4v) is 2.19. The van der Waals surface area contributed by atoms with Crippen LogP contribution in [0.1, 0.15) is 28.9 Å². The second-order valence-corrected chi connectivity index (χ2v) is 5.21. The van der Waals surface area contributed by atoms with Crippen molar-refractivity contribution >= 4 is 23.2 Å². The first-order chi connectivity index (χ1) is 9.49. The van der Waals surface area contributed by atoms with Gasteiger partial charge in [0.2, 0.25) is 0 Å². The molecule has 0 unspecified atom stereocenters. The van der Waals surface area contributed by atoms with Gasteiger partial charge in [-0.2, -0.15) is 0 Å². The van der Waals surface area contributed by atoms with Crippen molar-refractivity contribution in [2.75, 3.05) is 12.8 Å². The van der Waals surface area contributed by atoms with Crippen molar-refractivity contribution in [3.63, 3.8) is 0 Å². The molecule has 2 rings (SSSR count). The van der Waals surface area contributed by atoms with Crippen LogP contribution in [0.3, 0.4) is 0 Å². The van der Waals surface area contributed by atoms with Gasteiger partial charge in [-0.3, -0.25) is 4.79 Å². The van der Waals surface area contributed by atoms with Crippen molar-refractivity contribution in [1.82, 2.24) is 4.90 Å². The van der Waals surface area contributed by atoms with E-state index < -0.39 is 0 Å². The number of carbonyl (C=O) groups is 1. The van der Waals surface area contributed by atoms with Crippen LogP contribution in [0.25, 0.3) is 0 Å². The summed E-state index contributed by atoms with van der Waals surface area (Å²) in [7, 11) is 1.78. The molecule has 0 aliphatic rings. The molecule has 104 valence electrons. The van der Waals surface area contributed by atoms with E-state index >= 15 is 0 Å². The quantitative estimate of drug-likeness (QED) is 0.874. The van der Waals surface area contributed by atoms with E-state index in [9.17, 15) is 4.79 Å². The van der Waals surface area contributed by atoms with Gasteiger partial charge >= 0.3 is 0 Å². The van der Waals surface area contributed by atoms with E-state index in [0.717, 1.165) is 5.56 Å². The largest absolute Gasteiger partial charge is 0.399 e. The summed E-state index contributed by atoms with van der Waals surface area (Å²) >= 11 is 5.99. The molecule has 0 fully saturated rings. The lowest BCUT2D eigenvalue weighted by Gasteiger charge is -2.25. The minimum Gasteiger partial charge on any atom is -0.399 e. The third-order valence-corrected chi connectivity index (χ3v) is 3.63. The van der Waals surface area contributed by atoms with Crippen molar-refractivity contribution in [2.24, 2.45) is 0 Å². The zero-order chi connectivity index (χ0) is 14.7. The van der Waals surface area contributed by atoms with E-state index in [1.807, 2.05) is 31.2 Å². The monoisotopic (exact) mass is 288 g/mol. The molecule has 0 bridgehead atoms. The summed E-state index contributed by atoms with van der Waals surface area (Å²) < 4.78 is 0. The number of nitrogens with zero attached hydrogens (tertiary/aromatic N) is 1. The summed E-state index contributed by atoms with van der Waals surface area (Å²) in [6.45, 7) is 1.97. The maximum atomic E-state index is 12.4. The maximum Gasteiger partial charge on any atom is 0.254 e. The summed E-state index contributed by atoms with van der Waals surface area (Å²) in [5.41, 5.74) is 7.90. The van der Waals surface area contributed by atoms with Crippen LogP contribution < -0.4 is 5.73 Å². The van der Waals surface area contributed by atoms with Crippen molar-refractivity contribution in [1.29, 1.82) is 0 Å². The second-order valence-electron chi connectivity index (χ2n) is 4.77. The highest BCUT2D eigenvalue weighted by Crippen LogP contribution is 2.23.